The summed E-state index contributed by atoms with van der Waals surface area (Å²) in [6.45, 7) is 6.43. The van der Waals surface area contributed by atoms with E-state index in [0.717, 1.165) is 128 Å². The lowest BCUT2D eigenvalue weighted by Crippen LogP contribution is -2.30. The molecule has 6 nitrogen and oxygen atoms in total. The van der Waals surface area contributed by atoms with Crippen molar-refractivity contribution in [1.82, 2.24) is 0 Å². The second kappa shape index (κ2) is 68.6. The van der Waals surface area contributed by atoms with E-state index in [1.54, 1.807) is 0 Å². The Bertz CT molecular complexity index is 1620. The first-order chi connectivity index (χ1) is 40.0. The maximum Gasteiger partial charge on any atom is 0.306 e. The average Bonchev–Trinajstić information content (AvgIpc) is 3.47. The summed E-state index contributed by atoms with van der Waals surface area (Å²) in [7, 11) is 0. The Morgan fingerprint density at radius 3 is 0.765 bits per heavy atom. The molecule has 0 aliphatic carbocycles. The van der Waals surface area contributed by atoms with Crippen molar-refractivity contribution in [2.45, 2.75) is 335 Å². The molecule has 0 spiro atoms. The molecule has 464 valence electrons. The number of allylic oxidation sites excluding steroid dienone is 18. The monoisotopic (exact) mass is 1120 g/mol. The van der Waals surface area contributed by atoms with E-state index in [-0.39, 0.29) is 31.1 Å². The molecule has 0 bridgehead atoms. The average molecular weight is 1130 g/mol. The summed E-state index contributed by atoms with van der Waals surface area (Å²) in [5, 5.41) is 0. The van der Waals surface area contributed by atoms with E-state index < -0.39 is 6.10 Å². The van der Waals surface area contributed by atoms with E-state index >= 15 is 0 Å². The maximum absolute atomic E-state index is 13.0. The molecule has 0 aromatic rings. The number of carbonyl (C=O) groups excluding carboxylic acids is 3. The number of carbonyl (C=O) groups is 3. The van der Waals surface area contributed by atoms with Gasteiger partial charge in [-0.1, -0.05) is 297 Å². The Balaban J connectivity index is 4.34. The van der Waals surface area contributed by atoms with Gasteiger partial charge in [0.25, 0.3) is 0 Å². The zero-order valence-corrected chi connectivity index (χ0v) is 53.3. The lowest BCUT2D eigenvalue weighted by atomic mass is 10.0. The molecule has 0 heterocycles. The van der Waals surface area contributed by atoms with Crippen LogP contribution >= 0.6 is 0 Å². The molecule has 81 heavy (non-hydrogen) atoms. The Labute approximate surface area is 501 Å². The van der Waals surface area contributed by atoms with Crippen LogP contribution in [0.4, 0.5) is 0 Å². The van der Waals surface area contributed by atoms with Crippen molar-refractivity contribution in [2.24, 2.45) is 0 Å². The summed E-state index contributed by atoms with van der Waals surface area (Å²) in [5.41, 5.74) is 0. The van der Waals surface area contributed by atoms with Gasteiger partial charge in [-0.3, -0.25) is 14.4 Å². The molecule has 0 amide bonds. The SMILES string of the molecule is CC/C=C\C/C=C\C/C=C\C/C=C\C/C=C\CCCCCCCCCCCCCC(=O)OCC(COC(=O)CCCCCCC/C=C\C/C=C\C/C=C\CC)OC(=O)CCCCCCCCCCC/C=C\CCCCCCCCCC. The molecule has 0 aromatic heterocycles. The molecule has 0 rings (SSSR count). The smallest absolute Gasteiger partial charge is 0.306 e. The van der Waals surface area contributed by atoms with E-state index in [1.165, 1.54) is 161 Å². The second-order valence-electron chi connectivity index (χ2n) is 22.7. The van der Waals surface area contributed by atoms with Crippen LogP contribution in [0.3, 0.4) is 0 Å². The maximum atomic E-state index is 13.0. The van der Waals surface area contributed by atoms with Gasteiger partial charge in [0.05, 0.1) is 0 Å². The Morgan fingerprint density at radius 1 is 0.259 bits per heavy atom. The number of rotatable bonds is 62. The molecule has 0 saturated heterocycles. The summed E-state index contributed by atoms with van der Waals surface area (Å²) in [6.07, 6.45) is 93.9. The van der Waals surface area contributed by atoms with Crippen molar-refractivity contribution in [3.05, 3.63) is 109 Å². The van der Waals surface area contributed by atoms with Crippen molar-refractivity contribution in [3.8, 4) is 0 Å². The molecule has 0 radical (unpaired) electrons. The van der Waals surface area contributed by atoms with Crippen LogP contribution in [0.25, 0.3) is 0 Å². The molecule has 0 saturated carbocycles. The van der Waals surface area contributed by atoms with E-state index in [1.807, 2.05) is 0 Å². The first kappa shape index (κ1) is 77.1. The van der Waals surface area contributed by atoms with E-state index in [9.17, 15) is 14.4 Å². The van der Waals surface area contributed by atoms with Gasteiger partial charge in [0.2, 0.25) is 0 Å². The third-order valence-corrected chi connectivity index (χ3v) is 14.7. The van der Waals surface area contributed by atoms with E-state index in [4.69, 9.17) is 14.2 Å². The number of hydrogen-bond acceptors (Lipinski definition) is 6. The van der Waals surface area contributed by atoms with E-state index in [0.29, 0.717) is 19.3 Å². The first-order valence-corrected chi connectivity index (χ1v) is 34.4. The van der Waals surface area contributed by atoms with E-state index in [2.05, 4.69) is 130 Å². The minimum absolute atomic E-state index is 0.0854. The van der Waals surface area contributed by atoms with Gasteiger partial charge < -0.3 is 14.2 Å². The fraction of sp³-hybridized carbons (Fsp3) is 0.720. The van der Waals surface area contributed by atoms with Crippen molar-refractivity contribution in [3.63, 3.8) is 0 Å². The second-order valence-corrected chi connectivity index (χ2v) is 22.7. The number of ether oxygens (including phenoxy) is 3. The summed E-state index contributed by atoms with van der Waals surface area (Å²) in [6, 6.07) is 0. The summed E-state index contributed by atoms with van der Waals surface area (Å²) >= 11 is 0. The Hall–Kier alpha value is -3.93. The third-order valence-electron chi connectivity index (χ3n) is 14.7. The summed E-state index contributed by atoms with van der Waals surface area (Å²) in [4.78, 5) is 38.4. The molecular formula is C75H128O6. The molecule has 0 fully saturated rings. The standard InChI is InChI=1S/C75H128O6/c1-4-7-10-13-16-19-22-25-28-30-32-34-35-36-37-38-39-41-42-44-47-50-53-56-59-62-65-68-74(77)80-71-72(70-79-73(76)67-64-61-58-55-52-49-46-27-24-21-18-15-12-9-6-3)81-75(78)69-66-63-60-57-54-51-48-45-43-40-33-31-29-26-23-20-17-14-11-8-5-2/h7,9-10,12,16,18-19,21,25,27-28,31-34,36-37,46,72H,4-6,8,11,13-15,17,20,22-24,26,29-30,35,38-45,47-71H2,1-3H3/b10-7-,12-9-,19-16-,21-18-,28-25-,33-31-,34-32-,37-36-,46-27-. The normalized spacial score (nSPS) is 12.8. The first-order valence-electron chi connectivity index (χ1n) is 34.4. The molecular weight excluding hydrogens is 997 g/mol. The molecule has 6 heteroatoms. The highest BCUT2D eigenvalue weighted by Gasteiger charge is 2.19. The topological polar surface area (TPSA) is 78.9 Å². The largest absolute Gasteiger partial charge is 0.462 e. The van der Waals surface area contributed by atoms with Gasteiger partial charge in [0, 0.05) is 19.3 Å². The predicted octanol–water partition coefficient (Wildman–Crippen LogP) is 23.8. The Kier molecular flexibility index (Phi) is 65.2. The number of hydrogen-bond donors (Lipinski definition) is 0. The molecule has 0 aromatic carbocycles. The fourth-order valence-electron chi connectivity index (χ4n) is 9.66. The van der Waals surface area contributed by atoms with Crippen LogP contribution in [0.2, 0.25) is 0 Å². The summed E-state index contributed by atoms with van der Waals surface area (Å²) in [5.74, 6) is -0.896. The fourth-order valence-corrected chi connectivity index (χ4v) is 9.66. The van der Waals surface area contributed by atoms with Crippen LogP contribution in [0.15, 0.2) is 109 Å². The van der Waals surface area contributed by atoms with Gasteiger partial charge in [0.1, 0.15) is 13.2 Å². The minimum atomic E-state index is -0.791. The van der Waals surface area contributed by atoms with Crippen LogP contribution in [0, 0.1) is 0 Å². The number of unbranched alkanes of at least 4 members (excludes halogenated alkanes) is 33. The van der Waals surface area contributed by atoms with Crippen LogP contribution in [0.5, 0.6) is 0 Å². The van der Waals surface area contributed by atoms with Crippen molar-refractivity contribution < 1.29 is 28.6 Å². The molecule has 0 aliphatic heterocycles. The Morgan fingerprint density at radius 2 is 0.481 bits per heavy atom. The van der Waals surface area contributed by atoms with Crippen molar-refractivity contribution >= 4 is 17.9 Å². The van der Waals surface area contributed by atoms with Crippen molar-refractivity contribution in [1.29, 1.82) is 0 Å². The van der Waals surface area contributed by atoms with Crippen LogP contribution < -0.4 is 0 Å². The van der Waals surface area contributed by atoms with Gasteiger partial charge in [-0.15, -0.1) is 0 Å². The van der Waals surface area contributed by atoms with Crippen LogP contribution in [0.1, 0.15) is 329 Å². The summed E-state index contributed by atoms with van der Waals surface area (Å²) < 4.78 is 17.0. The zero-order chi connectivity index (χ0) is 58.5. The molecule has 0 N–H and O–H groups in total. The minimum Gasteiger partial charge on any atom is -0.462 e. The van der Waals surface area contributed by atoms with Crippen molar-refractivity contribution in [2.75, 3.05) is 13.2 Å². The van der Waals surface area contributed by atoms with Gasteiger partial charge in [-0.05, 0) is 122 Å². The predicted molar refractivity (Wildman–Crippen MR) is 353 cm³/mol. The van der Waals surface area contributed by atoms with Gasteiger partial charge >= 0.3 is 17.9 Å². The number of esters is 3. The third kappa shape index (κ3) is 66.8. The zero-order valence-electron chi connectivity index (χ0n) is 53.3. The molecule has 1 atom stereocenters. The van der Waals surface area contributed by atoms with Gasteiger partial charge in [0.15, 0.2) is 6.10 Å². The lowest BCUT2D eigenvalue weighted by molar-refractivity contribution is -0.167. The molecule has 1 unspecified atom stereocenters. The van der Waals surface area contributed by atoms with Gasteiger partial charge in [-0.25, -0.2) is 0 Å². The quantitative estimate of drug-likeness (QED) is 0.0261. The highest BCUT2D eigenvalue weighted by molar-refractivity contribution is 5.71. The molecule has 0 aliphatic rings. The highest BCUT2D eigenvalue weighted by atomic mass is 16.6. The van der Waals surface area contributed by atoms with Crippen LogP contribution in [-0.2, 0) is 28.6 Å². The highest BCUT2D eigenvalue weighted by Crippen LogP contribution is 2.17. The van der Waals surface area contributed by atoms with Gasteiger partial charge in [-0.2, -0.15) is 0 Å². The lowest BCUT2D eigenvalue weighted by Gasteiger charge is -2.18. The van der Waals surface area contributed by atoms with Crippen LogP contribution in [-0.4, -0.2) is 37.2 Å².